The number of para-hydroxylation sites is 1. The van der Waals surface area contributed by atoms with Crippen molar-refractivity contribution in [2.45, 2.75) is 33.6 Å². The van der Waals surface area contributed by atoms with Gasteiger partial charge in [0.05, 0.1) is 0 Å². The molecular formula is C16H24N4O. The van der Waals surface area contributed by atoms with Crippen LogP contribution in [0.15, 0.2) is 35.3 Å². The van der Waals surface area contributed by atoms with E-state index in [0.717, 1.165) is 29.7 Å². The minimum Gasteiger partial charge on any atom is -0.370 e. The van der Waals surface area contributed by atoms with Gasteiger partial charge in [-0.25, -0.2) is 4.79 Å². The Bertz CT molecular complexity index is 515. The largest absolute Gasteiger partial charge is 0.370 e. The predicted octanol–water partition coefficient (Wildman–Crippen LogP) is 3.10. The van der Waals surface area contributed by atoms with Crippen LogP contribution < -0.4 is 16.4 Å². The third-order valence-corrected chi connectivity index (χ3v) is 3.01. The Morgan fingerprint density at radius 2 is 2.00 bits per heavy atom. The number of aliphatic imine (C=N–C) groups is 1. The summed E-state index contributed by atoms with van der Waals surface area (Å²) in [5.74, 6) is 0.138. The van der Waals surface area contributed by atoms with Crippen molar-refractivity contribution in [2.75, 3.05) is 11.9 Å². The normalized spacial score (nSPS) is 11.7. The molecule has 0 aliphatic heterocycles. The Balaban J connectivity index is 2.48. The summed E-state index contributed by atoms with van der Waals surface area (Å²) in [5, 5.41) is 5.33. The van der Waals surface area contributed by atoms with Gasteiger partial charge in [-0.1, -0.05) is 30.4 Å². The van der Waals surface area contributed by atoms with E-state index in [1.807, 2.05) is 45.0 Å². The number of carbonyl (C=O) groups excluding carboxylic acids is 1. The van der Waals surface area contributed by atoms with E-state index in [4.69, 9.17) is 5.73 Å². The van der Waals surface area contributed by atoms with E-state index in [0.29, 0.717) is 6.54 Å². The second-order valence-corrected chi connectivity index (χ2v) is 4.82. The number of anilines is 1. The summed E-state index contributed by atoms with van der Waals surface area (Å²) in [6.45, 7) is 6.47. The zero-order chi connectivity index (χ0) is 15.7. The fourth-order valence-corrected chi connectivity index (χ4v) is 1.89. The number of hydrogen-bond donors (Lipinski definition) is 3. The molecule has 114 valence electrons. The number of nitrogens with zero attached hydrogens (tertiary/aromatic N) is 1. The quantitative estimate of drug-likeness (QED) is 0.337. The van der Waals surface area contributed by atoms with Crippen molar-refractivity contribution < 1.29 is 4.79 Å². The molecule has 1 aromatic rings. The maximum absolute atomic E-state index is 11.9. The van der Waals surface area contributed by atoms with Crippen LogP contribution in [0.1, 0.15) is 30.9 Å². The second-order valence-electron chi connectivity index (χ2n) is 4.82. The van der Waals surface area contributed by atoms with Crippen LogP contribution >= 0.6 is 0 Å². The molecule has 2 amide bonds. The molecular weight excluding hydrogens is 264 g/mol. The number of aryl methyl sites for hydroxylation is 2. The summed E-state index contributed by atoms with van der Waals surface area (Å²) in [6, 6.07) is 5.47. The molecule has 0 atom stereocenters. The van der Waals surface area contributed by atoms with Gasteiger partial charge in [-0.3, -0.25) is 10.3 Å². The number of rotatable bonds is 5. The number of unbranched alkanes of at least 4 members (excludes halogenated alkanes) is 1. The van der Waals surface area contributed by atoms with Gasteiger partial charge < -0.3 is 11.1 Å². The highest BCUT2D eigenvalue weighted by Crippen LogP contribution is 2.18. The fourth-order valence-electron chi connectivity index (χ4n) is 1.89. The first-order valence-electron chi connectivity index (χ1n) is 7.10. The number of hydrogen-bond acceptors (Lipinski definition) is 2. The predicted molar refractivity (Wildman–Crippen MR) is 88.6 cm³/mol. The number of nitrogens with two attached hydrogens (primary N) is 1. The van der Waals surface area contributed by atoms with Gasteiger partial charge in [0.25, 0.3) is 0 Å². The molecule has 0 spiro atoms. The van der Waals surface area contributed by atoms with Crippen molar-refractivity contribution in [1.82, 2.24) is 5.32 Å². The van der Waals surface area contributed by atoms with Crippen molar-refractivity contribution in [3.63, 3.8) is 0 Å². The van der Waals surface area contributed by atoms with Crippen LogP contribution in [-0.2, 0) is 0 Å². The first kappa shape index (κ1) is 16.8. The maximum atomic E-state index is 11.9. The van der Waals surface area contributed by atoms with Crippen LogP contribution in [0.25, 0.3) is 0 Å². The molecule has 4 N–H and O–H groups in total. The van der Waals surface area contributed by atoms with Crippen LogP contribution in [0.4, 0.5) is 10.5 Å². The van der Waals surface area contributed by atoms with Gasteiger partial charge in [0.15, 0.2) is 5.96 Å². The molecule has 1 aromatic carbocycles. The highest BCUT2D eigenvalue weighted by Gasteiger charge is 2.07. The monoisotopic (exact) mass is 288 g/mol. The van der Waals surface area contributed by atoms with E-state index in [1.54, 1.807) is 0 Å². The van der Waals surface area contributed by atoms with Gasteiger partial charge in [0, 0.05) is 12.2 Å². The van der Waals surface area contributed by atoms with Gasteiger partial charge >= 0.3 is 6.03 Å². The summed E-state index contributed by atoms with van der Waals surface area (Å²) < 4.78 is 0. The summed E-state index contributed by atoms with van der Waals surface area (Å²) >= 11 is 0. The highest BCUT2D eigenvalue weighted by molar-refractivity contribution is 6.02. The van der Waals surface area contributed by atoms with E-state index in [1.165, 1.54) is 0 Å². The molecule has 0 radical (unpaired) electrons. The molecule has 0 aromatic heterocycles. The standard InChI is InChI=1S/C16H24N4O/c1-4-5-6-7-11-18-15(17)20-16(21)19-14-12(2)9-8-10-13(14)3/h4-5,8-10H,6-7,11H2,1-3H3,(H4,17,18,19,20,21). The number of allylic oxidation sites excluding steroid dienone is 2. The van der Waals surface area contributed by atoms with Crippen molar-refractivity contribution in [2.24, 2.45) is 10.7 Å². The molecule has 0 unspecified atom stereocenters. The number of urea groups is 1. The Labute approximate surface area is 126 Å². The summed E-state index contributed by atoms with van der Waals surface area (Å²) in [7, 11) is 0. The Morgan fingerprint density at radius 1 is 1.33 bits per heavy atom. The number of benzene rings is 1. The molecule has 21 heavy (non-hydrogen) atoms. The van der Waals surface area contributed by atoms with Gasteiger partial charge in [0.1, 0.15) is 0 Å². The summed E-state index contributed by atoms with van der Waals surface area (Å²) in [4.78, 5) is 16.0. The molecule has 5 nitrogen and oxygen atoms in total. The first-order chi connectivity index (χ1) is 10.0. The smallest absolute Gasteiger partial charge is 0.326 e. The third kappa shape index (κ3) is 6.12. The van der Waals surface area contributed by atoms with Crippen LogP contribution in [0.2, 0.25) is 0 Å². The summed E-state index contributed by atoms with van der Waals surface area (Å²) in [5.41, 5.74) is 8.49. The molecule has 0 saturated heterocycles. The SMILES string of the molecule is CC=CCCCN=C(N)NC(=O)Nc1c(C)cccc1C. The number of amides is 2. The van der Waals surface area contributed by atoms with Crippen LogP contribution in [-0.4, -0.2) is 18.5 Å². The summed E-state index contributed by atoms with van der Waals surface area (Å²) in [6.07, 6.45) is 5.95. The Morgan fingerprint density at radius 3 is 2.62 bits per heavy atom. The van der Waals surface area contributed by atoms with Crippen LogP contribution in [0.5, 0.6) is 0 Å². The topological polar surface area (TPSA) is 79.5 Å². The number of guanidine groups is 1. The van der Waals surface area contributed by atoms with Gasteiger partial charge in [-0.05, 0) is 44.7 Å². The highest BCUT2D eigenvalue weighted by atomic mass is 16.2. The minimum atomic E-state index is -0.373. The van der Waals surface area contributed by atoms with E-state index in [-0.39, 0.29) is 12.0 Å². The molecule has 1 rings (SSSR count). The lowest BCUT2D eigenvalue weighted by molar-refractivity contribution is 0.256. The molecule has 0 bridgehead atoms. The van der Waals surface area contributed by atoms with E-state index < -0.39 is 0 Å². The van der Waals surface area contributed by atoms with Crippen LogP contribution in [0.3, 0.4) is 0 Å². The first-order valence-corrected chi connectivity index (χ1v) is 7.10. The average molecular weight is 288 g/mol. The van der Waals surface area contributed by atoms with Gasteiger partial charge in [-0.15, -0.1) is 0 Å². The Hall–Kier alpha value is -2.30. The van der Waals surface area contributed by atoms with E-state index >= 15 is 0 Å². The zero-order valence-corrected chi connectivity index (χ0v) is 12.9. The lowest BCUT2D eigenvalue weighted by Crippen LogP contribution is -2.40. The van der Waals surface area contributed by atoms with Gasteiger partial charge in [0.2, 0.25) is 0 Å². The lowest BCUT2D eigenvalue weighted by atomic mass is 10.1. The van der Waals surface area contributed by atoms with E-state index in [9.17, 15) is 4.79 Å². The minimum absolute atomic E-state index is 0.138. The van der Waals surface area contributed by atoms with Crippen LogP contribution in [0, 0.1) is 13.8 Å². The molecule has 0 fully saturated rings. The molecule has 0 heterocycles. The van der Waals surface area contributed by atoms with Gasteiger partial charge in [-0.2, -0.15) is 0 Å². The average Bonchev–Trinajstić information content (AvgIpc) is 2.43. The third-order valence-electron chi connectivity index (χ3n) is 3.01. The van der Waals surface area contributed by atoms with Crippen molar-refractivity contribution in [3.05, 3.63) is 41.5 Å². The maximum Gasteiger partial charge on any atom is 0.326 e. The van der Waals surface area contributed by atoms with E-state index in [2.05, 4.69) is 21.7 Å². The molecule has 0 aliphatic rings. The number of nitrogens with one attached hydrogen (secondary N) is 2. The van der Waals surface area contributed by atoms with Crippen molar-refractivity contribution >= 4 is 17.7 Å². The molecule has 5 heteroatoms. The lowest BCUT2D eigenvalue weighted by Gasteiger charge is -2.12. The molecule has 0 aliphatic carbocycles. The number of carbonyl (C=O) groups is 1. The Kier molecular flexibility index (Phi) is 7.01. The zero-order valence-electron chi connectivity index (χ0n) is 12.9. The molecule has 0 saturated carbocycles. The van der Waals surface area contributed by atoms with Crippen molar-refractivity contribution in [3.8, 4) is 0 Å². The van der Waals surface area contributed by atoms with Crippen molar-refractivity contribution in [1.29, 1.82) is 0 Å². The fraction of sp³-hybridized carbons (Fsp3) is 0.375. The second kappa shape index (κ2) is 8.79.